The van der Waals surface area contributed by atoms with Crippen LogP contribution in [-0.2, 0) is 11.2 Å². The van der Waals surface area contributed by atoms with Crippen LogP contribution in [0.5, 0.6) is 0 Å². The van der Waals surface area contributed by atoms with Gasteiger partial charge in [-0.15, -0.1) is 0 Å². The predicted molar refractivity (Wildman–Crippen MR) is 108 cm³/mol. The van der Waals surface area contributed by atoms with Crippen LogP contribution in [-0.4, -0.2) is 28.8 Å². The lowest BCUT2D eigenvalue weighted by atomic mass is 9.62. The number of H-pyrrole nitrogens is 1. The first-order valence-corrected chi connectivity index (χ1v) is 9.89. The quantitative estimate of drug-likeness (QED) is 0.753. The van der Waals surface area contributed by atoms with Crippen molar-refractivity contribution in [3.8, 4) is 0 Å². The molecule has 0 amide bonds. The molecule has 3 aromatic rings. The molecule has 4 heteroatoms. The van der Waals surface area contributed by atoms with Crippen LogP contribution in [0.15, 0.2) is 42.7 Å². The maximum atomic E-state index is 11.4. The maximum absolute atomic E-state index is 11.4. The zero-order valence-electron chi connectivity index (χ0n) is 15.8. The standard InChI is InChI=1S/C23H25N3O/c1-16-2-3-20(26-8-5-23(6-9-26)13-21(27)14-23)12-19(16)11-17-10-18-4-7-24-22(18)25-15-17/h2-4,7,10,12,15H,5-6,8-9,11,13-14H2,1H3,(H,24,25). The van der Waals surface area contributed by atoms with Crippen molar-refractivity contribution in [1.29, 1.82) is 0 Å². The number of benzene rings is 1. The summed E-state index contributed by atoms with van der Waals surface area (Å²) < 4.78 is 0. The second kappa shape index (κ2) is 6.22. The highest BCUT2D eigenvalue weighted by molar-refractivity contribution is 5.86. The van der Waals surface area contributed by atoms with Crippen LogP contribution in [0.3, 0.4) is 0 Å². The van der Waals surface area contributed by atoms with Crippen molar-refractivity contribution in [2.45, 2.75) is 39.0 Å². The smallest absolute Gasteiger partial charge is 0.137 e. The number of pyridine rings is 1. The Labute approximate surface area is 159 Å². The average molecular weight is 359 g/mol. The van der Waals surface area contributed by atoms with Crippen molar-refractivity contribution in [3.05, 3.63) is 59.4 Å². The zero-order chi connectivity index (χ0) is 18.4. The highest BCUT2D eigenvalue weighted by atomic mass is 16.1. The minimum Gasteiger partial charge on any atom is -0.371 e. The number of aromatic nitrogens is 2. The number of hydrogen-bond donors (Lipinski definition) is 1. The molecule has 1 spiro atoms. The number of anilines is 1. The van der Waals surface area contributed by atoms with Gasteiger partial charge >= 0.3 is 0 Å². The number of Topliss-reactive ketones (excluding diaryl/α,β-unsaturated/α-hetero) is 1. The van der Waals surface area contributed by atoms with Crippen LogP contribution < -0.4 is 4.90 Å². The summed E-state index contributed by atoms with van der Waals surface area (Å²) in [7, 11) is 0. The lowest BCUT2D eigenvalue weighted by Gasteiger charge is -2.47. The minimum atomic E-state index is 0.332. The van der Waals surface area contributed by atoms with Gasteiger partial charge in [-0.2, -0.15) is 0 Å². The molecule has 1 aliphatic heterocycles. The van der Waals surface area contributed by atoms with Crippen LogP contribution >= 0.6 is 0 Å². The maximum Gasteiger partial charge on any atom is 0.137 e. The van der Waals surface area contributed by atoms with E-state index in [1.165, 1.54) is 22.4 Å². The van der Waals surface area contributed by atoms with Gasteiger partial charge in [0.2, 0.25) is 0 Å². The molecule has 3 heterocycles. The molecule has 1 aromatic carbocycles. The number of piperidine rings is 1. The fourth-order valence-corrected chi connectivity index (χ4v) is 4.72. The van der Waals surface area contributed by atoms with E-state index in [1.54, 1.807) is 0 Å². The number of aromatic amines is 1. The van der Waals surface area contributed by atoms with Gasteiger partial charge in [0, 0.05) is 49.4 Å². The molecule has 27 heavy (non-hydrogen) atoms. The summed E-state index contributed by atoms with van der Waals surface area (Å²) in [5, 5.41) is 1.16. The van der Waals surface area contributed by atoms with Crippen LogP contribution in [0.25, 0.3) is 11.0 Å². The Morgan fingerprint density at radius 2 is 1.96 bits per heavy atom. The second-order valence-electron chi connectivity index (χ2n) is 8.43. The van der Waals surface area contributed by atoms with E-state index in [9.17, 15) is 4.79 Å². The lowest BCUT2D eigenvalue weighted by Crippen LogP contribution is -2.47. The second-order valence-corrected chi connectivity index (χ2v) is 8.43. The van der Waals surface area contributed by atoms with Crippen LogP contribution in [0.2, 0.25) is 0 Å². The number of nitrogens with zero attached hydrogens (tertiary/aromatic N) is 2. The molecule has 1 saturated carbocycles. The van der Waals surface area contributed by atoms with Gasteiger partial charge in [0.25, 0.3) is 0 Å². The highest BCUT2D eigenvalue weighted by Crippen LogP contribution is 2.47. The number of nitrogens with one attached hydrogen (secondary N) is 1. The van der Waals surface area contributed by atoms with E-state index in [-0.39, 0.29) is 0 Å². The molecule has 0 bridgehead atoms. The van der Waals surface area contributed by atoms with Gasteiger partial charge in [0.15, 0.2) is 0 Å². The Hall–Kier alpha value is -2.62. The normalized spacial score (nSPS) is 18.9. The summed E-state index contributed by atoms with van der Waals surface area (Å²) in [6.45, 7) is 4.31. The highest BCUT2D eigenvalue weighted by Gasteiger charge is 2.45. The third-order valence-corrected chi connectivity index (χ3v) is 6.52. The molecule has 1 aliphatic carbocycles. The van der Waals surface area contributed by atoms with Crippen molar-refractivity contribution in [2.24, 2.45) is 5.41 Å². The molecular formula is C23H25N3O. The van der Waals surface area contributed by atoms with E-state index in [1.807, 2.05) is 12.4 Å². The molecule has 0 radical (unpaired) electrons. The monoisotopic (exact) mass is 359 g/mol. The molecule has 4 nitrogen and oxygen atoms in total. The summed E-state index contributed by atoms with van der Waals surface area (Å²) in [5.74, 6) is 0.453. The number of carbonyl (C=O) groups is 1. The van der Waals surface area contributed by atoms with Gasteiger partial charge in [-0.3, -0.25) is 4.79 Å². The summed E-state index contributed by atoms with van der Waals surface area (Å²) in [6, 6.07) is 11.1. The Balaban J connectivity index is 1.34. The van der Waals surface area contributed by atoms with E-state index < -0.39 is 0 Å². The van der Waals surface area contributed by atoms with Crippen molar-refractivity contribution in [3.63, 3.8) is 0 Å². The first kappa shape index (κ1) is 16.5. The average Bonchev–Trinajstić information content (AvgIpc) is 3.11. The molecule has 0 unspecified atom stereocenters. The van der Waals surface area contributed by atoms with Crippen LogP contribution in [0.1, 0.15) is 42.4 Å². The van der Waals surface area contributed by atoms with Gasteiger partial charge in [-0.05, 0) is 72.6 Å². The van der Waals surface area contributed by atoms with Crippen molar-refractivity contribution < 1.29 is 4.79 Å². The van der Waals surface area contributed by atoms with E-state index in [0.29, 0.717) is 11.2 Å². The largest absolute Gasteiger partial charge is 0.371 e. The Morgan fingerprint density at radius 1 is 1.15 bits per heavy atom. The van der Waals surface area contributed by atoms with Crippen molar-refractivity contribution >= 4 is 22.5 Å². The summed E-state index contributed by atoms with van der Waals surface area (Å²) in [5.41, 5.74) is 6.52. The van der Waals surface area contributed by atoms with E-state index in [4.69, 9.17) is 0 Å². The Bertz CT molecular complexity index is 1000. The fraction of sp³-hybridized carbons (Fsp3) is 0.391. The summed E-state index contributed by atoms with van der Waals surface area (Å²) in [4.78, 5) is 21.6. The molecule has 2 aliphatic rings. The lowest BCUT2D eigenvalue weighted by molar-refractivity contribution is -0.133. The number of aryl methyl sites for hydroxylation is 1. The van der Waals surface area contributed by atoms with Gasteiger partial charge in [-0.1, -0.05) is 6.07 Å². The van der Waals surface area contributed by atoms with Crippen LogP contribution in [0.4, 0.5) is 5.69 Å². The molecule has 138 valence electrons. The van der Waals surface area contributed by atoms with Gasteiger partial charge in [0.05, 0.1) is 0 Å². The number of carbonyl (C=O) groups excluding carboxylic acids is 1. The number of ketones is 1. The van der Waals surface area contributed by atoms with Gasteiger partial charge in [-0.25, -0.2) is 4.98 Å². The molecule has 0 atom stereocenters. The van der Waals surface area contributed by atoms with E-state index >= 15 is 0 Å². The zero-order valence-corrected chi connectivity index (χ0v) is 15.8. The van der Waals surface area contributed by atoms with Crippen molar-refractivity contribution in [2.75, 3.05) is 18.0 Å². The third kappa shape index (κ3) is 3.03. The van der Waals surface area contributed by atoms with Crippen molar-refractivity contribution in [1.82, 2.24) is 9.97 Å². The summed E-state index contributed by atoms with van der Waals surface area (Å²) in [6.07, 6.45) is 8.74. The SMILES string of the molecule is Cc1ccc(N2CCC3(CC2)CC(=O)C3)cc1Cc1cnc2[nH]ccc2c1. The third-order valence-electron chi connectivity index (χ3n) is 6.52. The first-order valence-electron chi connectivity index (χ1n) is 9.89. The Morgan fingerprint density at radius 3 is 2.74 bits per heavy atom. The predicted octanol–water partition coefficient (Wildman–Crippen LogP) is 4.41. The minimum absolute atomic E-state index is 0.332. The summed E-state index contributed by atoms with van der Waals surface area (Å²) >= 11 is 0. The Kier molecular flexibility index (Phi) is 3.81. The molecular weight excluding hydrogens is 334 g/mol. The molecule has 5 rings (SSSR count). The first-order chi connectivity index (χ1) is 13.1. The van der Waals surface area contributed by atoms with E-state index in [2.05, 4.69) is 52.1 Å². The molecule has 1 saturated heterocycles. The number of rotatable bonds is 3. The van der Waals surface area contributed by atoms with E-state index in [0.717, 1.165) is 56.2 Å². The topological polar surface area (TPSA) is 49.0 Å². The van der Waals surface area contributed by atoms with Gasteiger partial charge in [0.1, 0.15) is 11.4 Å². The molecule has 1 N–H and O–H groups in total. The van der Waals surface area contributed by atoms with Gasteiger partial charge < -0.3 is 9.88 Å². The number of fused-ring (bicyclic) bond motifs is 1. The fourth-order valence-electron chi connectivity index (χ4n) is 4.72. The number of hydrogen-bond acceptors (Lipinski definition) is 3. The van der Waals surface area contributed by atoms with Crippen LogP contribution in [0, 0.1) is 12.3 Å². The molecule has 2 fully saturated rings. The molecule has 2 aromatic heterocycles.